The second-order valence-corrected chi connectivity index (χ2v) is 4.98. The summed E-state index contributed by atoms with van der Waals surface area (Å²) in [5.41, 5.74) is 2.85. The van der Waals surface area contributed by atoms with E-state index in [1.165, 1.54) is 43.5 Å². The lowest BCUT2D eigenvalue weighted by Crippen LogP contribution is -2.33. The Labute approximate surface area is 107 Å². The highest BCUT2D eigenvalue weighted by atomic mass is 15.1. The van der Waals surface area contributed by atoms with Gasteiger partial charge in [-0.1, -0.05) is 43.7 Å². The summed E-state index contributed by atoms with van der Waals surface area (Å²) in [6, 6.07) is 9.60. The van der Waals surface area contributed by atoms with Gasteiger partial charge >= 0.3 is 0 Å². The fraction of sp³-hybridized carbons (Fsp3) is 0.625. The van der Waals surface area contributed by atoms with Crippen molar-refractivity contribution in [3.05, 3.63) is 35.4 Å². The first-order valence-electron chi connectivity index (χ1n) is 6.97. The van der Waals surface area contributed by atoms with Crippen molar-refractivity contribution >= 4 is 0 Å². The zero-order valence-corrected chi connectivity index (χ0v) is 11.9. The summed E-state index contributed by atoms with van der Waals surface area (Å²) in [7, 11) is 0. The third-order valence-corrected chi connectivity index (χ3v) is 3.61. The average Bonchev–Trinajstić information content (AvgIpc) is 2.34. The van der Waals surface area contributed by atoms with E-state index in [0.717, 1.165) is 6.04 Å². The van der Waals surface area contributed by atoms with Gasteiger partial charge in [-0.2, -0.15) is 0 Å². The lowest BCUT2D eigenvalue weighted by molar-refractivity contribution is 0.212. The molecule has 17 heavy (non-hydrogen) atoms. The van der Waals surface area contributed by atoms with E-state index in [1.54, 1.807) is 0 Å². The molecule has 1 heteroatoms. The molecule has 1 atom stereocenters. The van der Waals surface area contributed by atoms with Gasteiger partial charge in [-0.05, 0) is 51.8 Å². The van der Waals surface area contributed by atoms with E-state index >= 15 is 0 Å². The van der Waals surface area contributed by atoms with Crippen LogP contribution in [-0.2, 0) is 6.42 Å². The van der Waals surface area contributed by atoms with Crippen LogP contribution < -0.4 is 0 Å². The molecule has 1 nitrogen and oxygen atoms in total. The minimum absolute atomic E-state index is 0.720. The number of benzene rings is 1. The Morgan fingerprint density at radius 2 is 2.00 bits per heavy atom. The van der Waals surface area contributed by atoms with E-state index in [-0.39, 0.29) is 0 Å². The van der Waals surface area contributed by atoms with Crippen molar-refractivity contribution in [3.8, 4) is 0 Å². The molecule has 0 aromatic heterocycles. The summed E-state index contributed by atoms with van der Waals surface area (Å²) in [5, 5.41) is 0. The highest BCUT2D eigenvalue weighted by Gasteiger charge is 2.08. The standard InChI is InChI=1S/C16H27N/c1-5-15(4)17(6-2)12-8-11-16-10-7-9-14(3)13-16/h7,9-10,13,15H,5-6,8,11-12H2,1-4H3. The predicted molar refractivity (Wildman–Crippen MR) is 76.5 cm³/mol. The molecule has 0 bridgehead atoms. The van der Waals surface area contributed by atoms with Gasteiger partial charge in [0.05, 0.1) is 0 Å². The van der Waals surface area contributed by atoms with E-state index in [2.05, 4.69) is 56.9 Å². The molecule has 0 aliphatic heterocycles. The van der Waals surface area contributed by atoms with Gasteiger partial charge in [0.1, 0.15) is 0 Å². The van der Waals surface area contributed by atoms with Crippen LogP contribution in [0.3, 0.4) is 0 Å². The summed E-state index contributed by atoms with van der Waals surface area (Å²) in [6.45, 7) is 11.4. The van der Waals surface area contributed by atoms with Gasteiger partial charge in [-0.3, -0.25) is 0 Å². The van der Waals surface area contributed by atoms with Crippen molar-refractivity contribution in [2.45, 2.75) is 53.0 Å². The SMILES string of the molecule is CCC(C)N(CC)CCCc1cccc(C)c1. The zero-order valence-electron chi connectivity index (χ0n) is 11.9. The highest BCUT2D eigenvalue weighted by molar-refractivity contribution is 5.22. The van der Waals surface area contributed by atoms with E-state index in [9.17, 15) is 0 Å². The molecule has 0 saturated carbocycles. The summed E-state index contributed by atoms with van der Waals surface area (Å²) >= 11 is 0. The number of hydrogen-bond acceptors (Lipinski definition) is 1. The van der Waals surface area contributed by atoms with Crippen LogP contribution >= 0.6 is 0 Å². The second kappa shape index (κ2) is 7.50. The maximum absolute atomic E-state index is 2.58. The van der Waals surface area contributed by atoms with Gasteiger partial charge in [0.15, 0.2) is 0 Å². The second-order valence-electron chi connectivity index (χ2n) is 4.98. The van der Waals surface area contributed by atoms with Crippen LogP contribution in [0.5, 0.6) is 0 Å². The van der Waals surface area contributed by atoms with Crippen LogP contribution in [0.15, 0.2) is 24.3 Å². The first kappa shape index (κ1) is 14.2. The summed E-state index contributed by atoms with van der Waals surface area (Å²) in [4.78, 5) is 2.58. The van der Waals surface area contributed by atoms with Crippen molar-refractivity contribution in [3.63, 3.8) is 0 Å². The molecular weight excluding hydrogens is 206 g/mol. The van der Waals surface area contributed by atoms with E-state index < -0.39 is 0 Å². The van der Waals surface area contributed by atoms with Crippen molar-refractivity contribution in [1.29, 1.82) is 0 Å². The first-order valence-corrected chi connectivity index (χ1v) is 6.97. The monoisotopic (exact) mass is 233 g/mol. The summed E-state index contributed by atoms with van der Waals surface area (Å²) in [5.74, 6) is 0. The smallest absolute Gasteiger partial charge is 0.00641 e. The van der Waals surface area contributed by atoms with Gasteiger partial charge in [-0.15, -0.1) is 0 Å². The molecule has 0 saturated heterocycles. The van der Waals surface area contributed by atoms with Crippen molar-refractivity contribution < 1.29 is 0 Å². The fourth-order valence-electron chi connectivity index (χ4n) is 2.30. The molecule has 1 unspecified atom stereocenters. The molecule has 0 heterocycles. The normalized spacial score (nSPS) is 13.0. The van der Waals surface area contributed by atoms with Crippen molar-refractivity contribution in [2.24, 2.45) is 0 Å². The molecule has 1 aromatic carbocycles. The van der Waals surface area contributed by atoms with Crippen LogP contribution in [0.4, 0.5) is 0 Å². The largest absolute Gasteiger partial charge is 0.301 e. The average molecular weight is 233 g/mol. The van der Waals surface area contributed by atoms with Crippen molar-refractivity contribution in [1.82, 2.24) is 4.90 Å². The third kappa shape index (κ3) is 4.91. The molecule has 0 radical (unpaired) electrons. The van der Waals surface area contributed by atoms with E-state index in [1.807, 2.05) is 0 Å². The zero-order chi connectivity index (χ0) is 12.7. The van der Waals surface area contributed by atoms with Crippen LogP contribution in [0.25, 0.3) is 0 Å². The van der Waals surface area contributed by atoms with Gasteiger partial charge in [0.25, 0.3) is 0 Å². The topological polar surface area (TPSA) is 3.24 Å². The molecule has 0 fully saturated rings. The summed E-state index contributed by atoms with van der Waals surface area (Å²) in [6.07, 6.45) is 3.72. The van der Waals surface area contributed by atoms with Crippen molar-refractivity contribution in [2.75, 3.05) is 13.1 Å². The lowest BCUT2D eigenvalue weighted by atomic mass is 10.1. The Hall–Kier alpha value is -0.820. The number of nitrogens with zero attached hydrogens (tertiary/aromatic N) is 1. The third-order valence-electron chi connectivity index (χ3n) is 3.61. The maximum Gasteiger partial charge on any atom is 0.00641 e. The first-order chi connectivity index (χ1) is 8.17. The molecule has 0 amide bonds. The Kier molecular flexibility index (Phi) is 6.28. The molecule has 0 spiro atoms. The molecule has 0 N–H and O–H groups in total. The molecule has 0 aliphatic carbocycles. The molecule has 1 aromatic rings. The van der Waals surface area contributed by atoms with E-state index in [4.69, 9.17) is 0 Å². The van der Waals surface area contributed by atoms with Gasteiger partial charge < -0.3 is 4.90 Å². The Morgan fingerprint density at radius 3 is 2.59 bits per heavy atom. The van der Waals surface area contributed by atoms with Crippen LogP contribution in [-0.4, -0.2) is 24.0 Å². The molecule has 1 rings (SSSR count). The Bertz CT molecular complexity index is 319. The molecule has 0 aliphatic rings. The van der Waals surface area contributed by atoms with Gasteiger partial charge in [0.2, 0.25) is 0 Å². The van der Waals surface area contributed by atoms with Crippen LogP contribution in [0, 0.1) is 6.92 Å². The van der Waals surface area contributed by atoms with E-state index in [0.29, 0.717) is 0 Å². The number of rotatable bonds is 7. The van der Waals surface area contributed by atoms with Gasteiger partial charge in [-0.25, -0.2) is 0 Å². The number of aryl methyl sites for hydroxylation is 2. The van der Waals surface area contributed by atoms with Crippen LogP contribution in [0.1, 0.15) is 44.7 Å². The Balaban J connectivity index is 2.36. The minimum atomic E-state index is 0.720. The highest BCUT2D eigenvalue weighted by Crippen LogP contribution is 2.09. The fourth-order valence-corrected chi connectivity index (χ4v) is 2.30. The quantitative estimate of drug-likeness (QED) is 0.687. The lowest BCUT2D eigenvalue weighted by Gasteiger charge is -2.26. The molecule has 96 valence electrons. The van der Waals surface area contributed by atoms with Crippen LogP contribution in [0.2, 0.25) is 0 Å². The number of hydrogen-bond donors (Lipinski definition) is 0. The maximum atomic E-state index is 2.58. The van der Waals surface area contributed by atoms with Gasteiger partial charge in [0, 0.05) is 6.04 Å². The molecular formula is C16H27N. The minimum Gasteiger partial charge on any atom is -0.301 e. The summed E-state index contributed by atoms with van der Waals surface area (Å²) < 4.78 is 0. The predicted octanol–water partition coefficient (Wildman–Crippen LogP) is 4.05. The Morgan fingerprint density at radius 1 is 1.24 bits per heavy atom.